The van der Waals surface area contributed by atoms with Crippen molar-refractivity contribution >= 4 is 11.8 Å². The van der Waals surface area contributed by atoms with Gasteiger partial charge in [-0.3, -0.25) is 0 Å². The summed E-state index contributed by atoms with van der Waals surface area (Å²) in [5.74, 6) is 0. The van der Waals surface area contributed by atoms with Crippen LogP contribution in [0.15, 0.2) is 12.3 Å². The molecule has 1 rings (SSSR count). The van der Waals surface area contributed by atoms with E-state index in [1.54, 1.807) is 11.8 Å². The number of aliphatic hydroxyl groups is 1. The number of hydrogen-bond acceptors (Lipinski definition) is 4. The number of aliphatic hydroxyl groups excluding tert-OH is 1. The highest BCUT2D eigenvalue weighted by atomic mass is 32.2. The average Bonchev–Trinajstić information content (AvgIpc) is 2.69. The zero-order valence-corrected chi connectivity index (χ0v) is 11.3. The van der Waals surface area contributed by atoms with Gasteiger partial charge in [-0.05, 0) is 24.8 Å². The average molecular weight is 253 g/mol. The highest BCUT2D eigenvalue weighted by Crippen LogP contribution is 2.12. The van der Waals surface area contributed by atoms with Crippen LogP contribution in [0, 0.1) is 11.3 Å². The molecule has 0 radical (unpaired) electrons. The molecule has 0 saturated carbocycles. The number of rotatable bonds is 6. The minimum absolute atomic E-state index is 0.174. The summed E-state index contributed by atoms with van der Waals surface area (Å²) in [5.41, 5.74) is 1.76. The number of nitrogens with zero attached hydrogens (tertiary/aromatic N) is 2. The van der Waals surface area contributed by atoms with Crippen LogP contribution in [0.3, 0.4) is 0 Å². The highest BCUT2D eigenvalue weighted by molar-refractivity contribution is 7.99. The van der Waals surface area contributed by atoms with Crippen LogP contribution in [0.25, 0.3) is 0 Å². The Morgan fingerprint density at radius 3 is 2.82 bits per heavy atom. The summed E-state index contributed by atoms with van der Waals surface area (Å²) in [6.07, 6.45) is 3.95. The summed E-state index contributed by atoms with van der Waals surface area (Å²) in [4.78, 5) is 0. The van der Waals surface area contributed by atoms with Gasteiger partial charge >= 0.3 is 0 Å². The van der Waals surface area contributed by atoms with Gasteiger partial charge in [-0.2, -0.15) is 17.0 Å². The first kappa shape index (κ1) is 14.1. The van der Waals surface area contributed by atoms with Crippen molar-refractivity contribution in [1.29, 1.82) is 5.26 Å². The summed E-state index contributed by atoms with van der Waals surface area (Å²) >= 11 is 1.66. The van der Waals surface area contributed by atoms with Crippen molar-refractivity contribution in [1.82, 2.24) is 9.88 Å². The smallest absolute Gasteiger partial charge is 0.120 e. The predicted octanol–water partition coefficient (Wildman–Crippen LogP) is 1.10. The van der Waals surface area contributed by atoms with E-state index in [1.807, 2.05) is 30.1 Å². The molecule has 2 N–H and O–H groups in total. The van der Waals surface area contributed by atoms with E-state index < -0.39 is 0 Å². The van der Waals surface area contributed by atoms with Crippen LogP contribution in [0.4, 0.5) is 0 Å². The summed E-state index contributed by atoms with van der Waals surface area (Å²) in [5, 5.41) is 21.6. The van der Waals surface area contributed by atoms with Gasteiger partial charge in [0.2, 0.25) is 0 Å². The fourth-order valence-electron chi connectivity index (χ4n) is 1.69. The van der Waals surface area contributed by atoms with Gasteiger partial charge < -0.3 is 15.0 Å². The lowest BCUT2D eigenvalue weighted by Gasteiger charge is -2.21. The van der Waals surface area contributed by atoms with Gasteiger partial charge in [0.1, 0.15) is 11.8 Å². The zero-order valence-electron chi connectivity index (χ0n) is 10.5. The summed E-state index contributed by atoms with van der Waals surface area (Å²) < 4.78 is 1.82. The molecule has 0 aliphatic carbocycles. The van der Waals surface area contributed by atoms with E-state index in [4.69, 9.17) is 5.26 Å². The molecule has 0 bridgehead atoms. The molecule has 5 heteroatoms. The number of hydrogen-bond donors (Lipinski definition) is 2. The van der Waals surface area contributed by atoms with E-state index in [0.29, 0.717) is 12.2 Å². The van der Waals surface area contributed by atoms with Gasteiger partial charge in [-0.15, -0.1) is 0 Å². The molecule has 0 amide bonds. The van der Waals surface area contributed by atoms with Gasteiger partial charge in [0.15, 0.2) is 0 Å². The minimum Gasteiger partial charge on any atom is -0.395 e. The predicted molar refractivity (Wildman–Crippen MR) is 70.8 cm³/mol. The molecule has 0 saturated heterocycles. The van der Waals surface area contributed by atoms with E-state index in [9.17, 15) is 5.11 Å². The van der Waals surface area contributed by atoms with Crippen LogP contribution in [-0.4, -0.2) is 33.8 Å². The molecular weight excluding hydrogens is 234 g/mol. The van der Waals surface area contributed by atoms with Gasteiger partial charge in [0, 0.05) is 31.1 Å². The minimum atomic E-state index is 0.174. The molecule has 1 aromatic rings. The number of aromatic nitrogens is 1. The standard InChI is InChI=1S/C12H19N3OS/c1-9(12(8-16)17-3)14-6-10-4-11(5-13)15(2)7-10/h4,7,9,12,14,16H,6,8H2,1-3H3. The van der Waals surface area contributed by atoms with Crippen molar-refractivity contribution in [2.24, 2.45) is 7.05 Å². The highest BCUT2D eigenvalue weighted by Gasteiger charge is 2.14. The Hall–Kier alpha value is -0.960. The lowest BCUT2D eigenvalue weighted by Crippen LogP contribution is -2.36. The molecule has 2 unspecified atom stereocenters. The molecule has 0 fully saturated rings. The third-order valence-electron chi connectivity index (χ3n) is 2.84. The molecule has 4 nitrogen and oxygen atoms in total. The van der Waals surface area contributed by atoms with E-state index >= 15 is 0 Å². The topological polar surface area (TPSA) is 61.0 Å². The summed E-state index contributed by atoms with van der Waals surface area (Å²) in [6.45, 7) is 2.95. The second-order valence-electron chi connectivity index (χ2n) is 4.08. The van der Waals surface area contributed by atoms with Crippen molar-refractivity contribution in [2.75, 3.05) is 12.9 Å². The zero-order chi connectivity index (χ0) is 12.8. The van der Waals surface area contributed by atoms with Crippen LogP contribution in [0.1, 0.15) is 18.2 Å². The lowest BCUT2D eigenvalue weighted by molar-refractivity contribution is 0.276. The normalized spacial score (nSPS) is 14.3. The Labute approximate surface area is 107 Å². The van der Waals surface area contributed by atoms with Crippen LogP contribution < -0.4 is 5.32 Å². The van der Waals surface area contributed by atoms with Crippen molar-refractivity contribution in [3.8, 4) is 6.07 Å². The Kier molecular flexibility index (Phi) is 5.56. The molecule has 0 aliphatic rings. The Morgan fingerprint density at radius 1 is 1.65 bits per heavy atom. The summed E-state index contributed by atoms with van der Waals surface area (Å²) in [6, 6.07) is 4.26. The first-order chi connectivity index (χ1) is 8.12. The largest absolute Gasteiger partial charge is 0.395 e. The lowest BCUT2D eigenvalue weighted by atomic mass is 10.2. The van der Waals surface area contributed by atoms with Gasteiger partial charge in [0.05, 0.1) is 6.61 Å². The molecule has 2 atom stereocenters. The Morgan fingerprint density at radius 2 is 2.35 bits per heavy atom. The molecular formula is C12H19N3OS. The van der Waals surface area contributed by atoms with Crippen molar-refractivity contribution < 1.29 is 5.11 Å². The molecule has 0 aliphatic heterocycles. The molecule has 94 valence electrons. The monoisotopic (exact) mass is 253 g/mol. The number of nitriles is 1. The van der Waals surface area contributed by atoms with E-state index in [2.05, 4.69) is 18.3 Å². The van der Waals surface area contributed by atoms with Gasteiger partial charge in [-0.25, -0.2) is 0 Å². The van der Waals surface area contributed by atoms with Crippen molar-refractivity contribution in [3.63, 3.8) is 0 Å². The van der Waals surface area contributed by atoms with Gasteiger partial charge in [-0.1, -0.05) is 0 Å². The van der Waals surface area contributed by atoms with Crippen LogP contribution in [0.2, 0.25) is 0 Å². The maximum absolute atomic E-state index is 9.17. The number of thioether (sulfide) groups is 1. The molecule has 0 aromatic carbocycles. The molecule has 17 heavy (non-hydrogen) atoms. The second kappa shape index (κ2) is 6.70. The molecule has 1 heterocycles. The van der Waals surface area contributed by atoms with Crippen LogP contribution >= 0.6 is 11.8 Å². The van der Waals surface area contributed by atoms with Crippen molar-refractivity contribution in [2.45, 2.75) is 24.8 Å². The van der Waals surface area contributed by atoms with Gasteiger partial charge in [0.25, 0.3) is 0 Å². The number of nitrogens with one attached hydrogen (secondary N) is 1. The first-order valence-electron chi connectivity index (χ1n) is 5.54. The number of aryl methyl sites for hydroxylation is 1. The maximum Gasteiger partial charge on any atom is 0.120 e. The third kappa shape index (κ3) is 3.77. The SMILES string of the molecule is CSC(CO)C(C)NCc1cc(C#N)n(C)c1. The quantitative estimate of drug-likeness (QED) is 0.797. The third-order valence-corrected chi connectivity index (χ3v) is 4.01. The van der Waals surface area contributed by atoms with E-state index in [0.717, 1.165) is 5.56 Å². The first-order valence-corrected chi connectivity index (χ1v) is 6.83. The van der Waals surface area contributed by atoms with Crippen molar-refractivity contribution in [3.05, 3.63) is 23.5 Å². The molecule has 0 spiro atoms. The van der Waals surface area contributed by atoms with Crippen LogP contribution in [-0.2, 0) is 13.6 Å². The maximum atomic E-state index is 9.17. The second-order valence-corrected chi connectivity index (χ2v) is 5.16. The van der Waals surface area contributed by atoms with Crippen LogP contribution in [0.5, 0.6) is 0 Å². The Balaban J connectivity index is 2.53. The summed E-state index contributed by atoms with van der Waals surface area (Å²) in [7, 11) is 1.86. The Bertz CT molecular complexity index is 393. The van der Waals surface area contributed by atoms with E-state index in [-0.39, 0.29) is 17.9 Å². The fourth-order valence-corrected chi connectivity index (χ4v) is 2.34. The fraction of sp³-hybridized carbons (Fsp3) is 0.583. The van der Waals surface area contributed by atoms with E-state index in [1.165, 1.54) is 0 Å². The molecule has 1 aromatic heterocycles.